The van der Waals surface area contributed by atoms with Crippen LogP contribution in [0.2, 0.25) is 5.15 Å². The fraction of sp³-hybridized carbons (Fsp3) is 0.375. The minimum Gasteiger partial charge on any atom is -0.469 e. The Morgan fingerprint density at radius 3 is 3.07 bits per heavy atom. The van der Waals surface area contributed by atoms with E-state index in [1.807, 2.05) is 0 Å². The number of carbonyl (C=O) groups excluding carboxylic acids is 1. The summed E-state index contributed by atoms with van der Waals surface area (Å²) in [7, 11) is 1.33. The maximum Gasteiger partial charge on any atom is 0.307 e. The van der Waals surface area contributed by atoms with Crippen molar-refractivity contribution >= 4 is 29.1 Å². The quantitative estimate of drug-likeness (QED) is 0.584. The molecule has 1 heterocycles. The fourth-order valence-corrected chi connectivity index (χ4v) is 1.03. The molecule has 0 amide bonds. The van der Waals surface area contributed by atoms with E-state index in [0.29, 0.717) is 12.4 Å². The molecule has 0 bridgehead atoms. The molecule has 1 aromatic rings. The summed E-state index contributed by atoms with van der Waals surface area (Å²) in [6, 6.07) is 0. The molecule has 0 atom stereocenters. The van der Waals surface area contributed by atoms with Crippen LogP contribution in [0, 0.1) is 0 Å². The van der Waals surface area contributed by atoms with Gasteiger partial charge < -0.3 is 15.8 Å². The van der Waals surface area contributed by atoms with E-state index in [0.717, 1.165) is 0 Å². The molecule has 6 nitrogen and oxygen atoms in total. The van der Waals surface area contributed by atoms with Gasteiger partial charge >= 0.3 is 5.97 Å². The number of nitrogens with one attached hydrogen (secondary N) is 1. The summed E-state index contributed by atoms with van der Waals surface area (Å²) >= 11 is 5.67. The number of methoxy groups -OCH3 is 1. The SMILES string of the molecule is COC(=O)CCNc1ncnc(Cl)c1N. The molecule has 0 aromatic carbocycles. The van der Waals surface area contributed by atoms with Crippen molar-refractivity contribution in [2.24, 2.45) is 0 Å². The lowest BCUT2D eigenvalue weighted by atomic mass is 10.4. The first-order valence-electron chi connectivity index (χ1n) is 4.21. The molecule has 0 spiro atoms. The van der Waals surface area contributed by atoms with Crippen LogP contribution in [0.15, 0.2) is 6.33 Å². The van der Waals surface area contributed by atoms with Crippen molar-refractivity contribution in [3.05, 3.63) is 11.5 Å². The van der Waals surface area contributed by atoms with Gasteiger partial charge in [0.2, 0.25) is 0 Å². The van der Waals surface area contributed by atoms with Gasteiger partial charge in [-0.2, -0.15) is 0 Å². The van der Waals surface area contributed by atoms with Crippen molar-refractivity contribution in [1.29, 1.82) is 0 Å². The Hall–Kier alpha value is -1.56. The Kier molecular flexibility index (Phi) is 4.11. The Bertz CT molecular complexity index is 358. The van der Waals surface area contributed by atoms with Gasteiger partial charge in [0.05, 0.1) is 13.5 Å². The molecule has 0 saturated carbocycles. The number of carbonyl (C=O) groups is 1. The second-order valence-electron chi connectivity index (χ2n) is 2.68. The lowest BCUT2D eigenvalue weighted by Gasteiger charge is -2.07. The van der Waals surface area contributed by atoms with Gasteiger partial charge in [-0.05, 0) is 0 Å². The van der Waals surface area contributed by atoms with E-state index >= 15 is 0 Å². The Balaban J connectivity index is 2.51. The number of nitrogen functional groups attached to an aromatic ring is 1. The van der Waals surface area contributed by atoms with Crippen molar-refractivity contribution in [3.63, 3.8) is 0 Å². The number of aromatic nitrogens is 2. The lowest BCUT2D eigenvalue weighted by molar-refractivity contribution is -0.140. The van der Waals surface area contributed by atoms with Crippen LogP contribution >= 0.6 is 11.6 Å². The minimum absolute atomic E-state index is 0.186. The molecule has 0 unspecified atom stereocenters. The highest BCUT2D eigenvalue weighted by Crippen LogP contribution is 2.21. The van der Waals surface area contributed by atoms with Crippen LogP contribution < -0.4 is 11.1 Å². The Morgan fingerprint density at radius 1 is 1.67 bits per heavy atom. The molecule has 1 rings (SSSR count). The van der Waals surface area contributed by atoms with E-state index in [9.17, 15) is 4.79 Å². The van der Waals surface area contributed by atoms with Gasteiger partial charge in [0.25, 0.3) is 0 Å². The van der Waals surface area contributed by atoms with E-state index < -0.39 is 0 Å². The zero-order valence-corrected chi connectivity index (χ0v) is 8.91. The van der Waals surface area contributed by atoms with E-state index in [4.69, 9.17) is 17.3 Å². The highest BCUT2D eigenvalue weighted by molar-refractivity contribution is 6.32. The number of nitrogens with zero attached hydrogens (tertiary/aromatic N) is 2. The fourth-order valence-electron chi connectivity index (χ4n) is 0.900. The Labute approximate surface area is 91.8 Å². The van der Waals surface area contributed by atoms with Crippen LogP contribution in [-0.2, 0) is 9.53 Å². The van der Waals surface area contributed by atoms with Crippen LogP contribution in [0.3, 0.4) is 0 Å². The molecule has 7 heteroatoms. The summed E-state index contributed by atoms with van der Waals surface area (Å²) in [6.45, 7) is 0.379. The number of halogens is 1. The van der Waals surface area contributed by atoms with Crippen molar-refractivity contribution in [2.75, 3.05) is 24.7 Å². The number of hydrogen-bond acceptors (Lipinski definition) is 6. The maximum atomic E-state index is 10.8. The van der Waals surface area contributed by atoms with Crippen LogP contribution in [0.25, 0.3) is 0 Å². The average molecular weight is 231 g/mol. The maximum absolute atomic E-state index is 10.8. The number of anilines is 2. The number of rotatable bonds is 4. The zero-order chi connectivity index (χ0) is 11.3. The van der Waals surface area contributed by atoms with Crippen LogP contribution in [-0.4, -0.2) is 29.6 Å². The monoisotopic (exact) mass is 230 g/mol. The van der Waals surface area contributed by atoms with E-state index in [1.54, 1.807) is 0 Å². The normalized spacial score (nSPS) is 9.73. The highest BCUT2D eigenvalue weighted by Gasteiger charge is 2.06. The average Bonchev–Trinajstić information content (AvgIpc) is 2.24. The third kappa shape index (κ3) is 3.25. The molecular formula is C8H11ClN4O2. The van der Waals surface area contributed by atoms with Crippen LogP contribution in [0.5, 0.6) is 0 Å². The molecule has 0 aliphatic carbocycles. The molecule has 82 valence electrons. The number of nitrogens with two attached hydrogens (primary N) is 1. The molecule has 3 N–H and O–H groups in total. The van der Waals surface area contributed by atoms with Gasteiger partial charge in [0.15, 0.2) is 11.0 Å². The molecule has 0 fully saturated rings. The first kappa shape index (κ1) is 11.5. The summed E-state index contributed by atoms with van der Waals surface area (Å²) in [5.74, 6) is 0.111. The largest absolute Gasteiger partial charge is 0.469 e. The van der Waals surface area contributed by atoms with E-state index in [1.165, 1.54) is 13.4 Å². The smallest absolute Gasteiger partial charge is 0.307 e. The predicted molar refractivity (Wildman–Crippen MR) is 56.6 cm³/mol. The summed E-state index contributed by atoms with van der Waals surface area (Å²) < 4.78 is 4.47. The molecule has 0 aliphatic rings. The zero-order valence-electron chi connectivity index (χ0n) is 8.16. The predicted octanol–water partition coefficient (Wildman–Crippen LogP) is 0.687. The van der Waals surface area contributed by atoms with Crippen LogP contribution in [0.4, 0.5) is 11.5 Å². The first-order chi connectivity index (χ1) is 7.15. The molecule has 15 heavy (non-hydrogen) atoms. The minimum atomic E-state index is -0.304. The summed E-state index contributed by atoms with van der Waals surface area (Å²) in [5.41, 5.74) is 5.86. The highest BCUT2D eigenvalue weighted by atomic mass is 35.5. The van der Waals surface area contributed by atoms with Crippen molar-refractivity contribution < 1.29 is 9.53 Å². The van der Waals surface area contributed by atoms with Gasteiger partial charge in [-0.1, -0.05) is 11.6 Å². The summed E-state index contributed by atoms with van der Waals surface area (Å²) in [4.78, 5) is 18.4. The van der Waals surface area contributed by atoms with Crippen molar-refractivity contribution in [1.82, 2.24) is 9.97 Å². The standard InChI is InChI=1S/C8H11ClN4O2/c1-15-5(14)2-3-11-8-6(10)7(9)12-4-13-8/h4H,2-3,10H2,1H3,(H,11,12,13). The van der Waals surface area contributed by atoms with E-state index in [-0.39, 0.29) is 23.2 Å². The molecule has 0 saturated heterocycles. The molecular weight excluding hydrogens is 220 g/mol. The topological polar surface area (TPSA) is 90.1 Å². The van der Waals surface area contributed by atoms with Crippen LogP contribution in [0.1, 0.15) is 6.42 Å². The summed E-state index contributed by atoms with van der Waals surface area (Å²) in [6.07, 6.45) is 1.52. The Morgan fingerprint density at radius 2 is 2.40 bits per heavy atom. The number of hydrogen-bond donors (Lipinski definition) is 2. The third-order valence-electron chi connectivity index (χ3n) is 1.68. The van der Waals surface area contributed by atoms with Gasteiger partial charge in [-0.15, -0.1) is 0 Å². The third-order valence-corrected chi connectivity index (χ3v) is 1.99. The van der Waals surface area contributed by atoms with E-state index in [2.05, 4.69) is 20.0 Å². The molecule has 1 aromatic heterocycles. The van der Waals surface area contributed by atoms with Crippen molar-refractivity contribution in [3.8, 4) is 0 Å². The first-order valence-corrected chi connectivity index (χ1v) is 4.59. The van der Waals surface area contributed by atoms with Gasteiger partial charge in [-0.25, -0.2) is 9.97 Å². The second kappa shape index (κ2) is 5.35. The molecule has 0 aliphatic heterocycles. The lowest BCUT2D eigenvalue weighted by Crippen LogP contribution is -2.12. The second-order valence-corrected chi connectivity index (χ2v) is 3.04. The number of ether oxygens (including phenoxy) is 1. The molecule has 0 radical (unpaired) electrons. The summed E-state index contributed by atoms with van der Waals surface area (Å²) in [5, 5.41) is 3.04. The number of esters is 1. The van der Waals surface area contributed by atoms with Gasteiger partial charge in [0, 0.05) is 6.54 Å². The van der Waals surface area contributed by atoms with Crippen molar-refractivity contribution in [2.45, 2.75) is 6.42 Å². The van der Waals surface area contributed by atoms with Gasteiger partial charge in [-0.3, -0.25) is 4.79 Å². The van der Waals surface area contributed by atoms with Gasteiger partial charge in [0.1, 0.15) is 12.0 Å².